The van der Waals surface area contributed by atoms with Gasteiger partial charge in [-0.15, -0.1) is 0 Å². The highest BCUT2D eigenvalue weighted by molar-refractivity contribution is 6.33. The maximum Gasteiger partial charge on any atom is 0.125 e. The highest BCUT2D eigenvalue weighted by atomic mass is 35.5. The van der Waals surface area contributed by atoms with Gasteiger partial charge in [-0.1, -0.05) is 17.7 Å². The number of nitrogens with one attached hydrogen (secondary N) is 2. The first-order valence-corrected chi connectivity index (χ1v) is 4.91. The maximum atomic E-state index is 5.89. The van der Waals surface area contributed by atoms with Crippen molar-refractivity contribution in [3.63, 3.8) is 0 Å². The molecule has 78 valence electrons. The molecule has 4 N–H and O–H groups in total. The molecule has 2 aromatic rings. The number of halogens is 1. The second-order valence-corrected chi connectivity index (χ2v) is 3.50. The van der Waals surface area contributed by atoms with Gasteiger partial charge in [-0.3, -0.25) is 0 Å². The molecule has 15 heavy (non-hydrogen) atoms. The van der Waals surface area contributed by atoms with E-state index in [4.69, 9.17) is 17.3 Å². The summed E-state index contributed by atoms with van der Waals surface area (Å²) in [4.78, 5) is 7.09. The van der Waals surface area contributed by atoms with Crippen LogP contribution in [-0.4, -0.2) is 9.97 Å². The molecule has 5 heteroatoms. The summed E-state index contributed by atoms with van der Waals surface area (Å²) in [7, 11) is 0. The van der Waals surface area contributed by atoms with E-state index in [1.807, 2.05) is 12.1 Å². The standard InChI is InChI=1S/C10H11ClN4/c11-7-2-1-3-8(10(7)12)15-6-9-13-4-5-14-9/h1-5,15H,6,12H2,(H,13,14). The van der Waals surface area contributed by atoms with Gasteiger partial charge < -0.3 is 16.0 Å². The van der Waals surface area contributed by atoms with Gasteiger partial charge in [-0.25, -0.2) is 4.98 Å². The van der Waals surface area contributed by atoms with E-state index in [9.17, 15) is 0 Å². The van der Waals surface area contributed by atoms with Crippen LogP contribution in [0.3, 0.4) is 0 Å². The number of H-pyrrole nitrogens is 1. The molecule has 0 unspecified atom stereocenters. The number of hydrogen-bond donors (Lipinski definition) is 3. The second-order valence-electron chi connectivity index (χ2n) is 3.09. The molecule has 4 nitrogen and oxygen atoms in total. The number of nitrogens with two attached hydrogens (primary N) is 1. The van der Waals surface area contributed by atoms with Crippen LogP contribution >= 0.6 is 11.6 Å². The van der Waals surface area contributed by atoms with Crippen molar-refractivity contribution in [3.8, 4) is 0 Å². The van der Waals surface area contributed by atoms with Gasteiger partial charge in [0.25, 0.3) is 0 Å². The highest BCUT2D eigenvalue weighted by Crippen LogP contribution is 2.26. The normalized spacial score (nSPS) is 10.2. The zero-order chi connectivity index (χ0) is 10.7. The molecule has 0 aliphatic rings. The number of hydrogen-bond acceptors (Lipinski definition) is 3. The molecule has 2 rings (SSSR count). The van der Waals surface area contributed by atoms with Gasteiger partial charge in [-0.05, 0) is 12.1 Å². The quantitative estimate of drug-likeness (QED) is 0.698. The summed E-state index contributed by atoms with van der Waals surface area (Å²) in [5.41, 5.74) is 7.18. The zero-order valence-corrected chi connectivity index (χ0v) is 8.75. The molecule has 1 aromatic heterocycles. The summed E-state index contributed by atoms with van der Waals surface area (Å²) >= 11 is 5.89. The Morgan fingerprint density at radius 3 is 3.07 bits per heavy atom. The summed E-state index contributed by atoms with van der Waals surface area (Å²) in [5, 5.41) is 3.71. The summed E-state index contributed by atoms with van der Waals surface area (Å²) < 4.78 is 0. The summed E-state index contributed by atoms with van der Waals surface area (Å²) in [5.74, 6) is 0.856. The average molecular weight is 223 g/mol. The topological polar surface area (TPSA) is 66.7 Å². The van der Waals surface area contributed by atoms with Gasteiger partial charge >= 0.3 is 0 Å². The van der Waals surface area contributed by atoms with E-state index in [2.05, 4.69) is 15.3 Å². The predicted octanol–water partition coefficient (Wildman–Crippen LogP) is 2.26. The molecule has 1 heterocycles. The lowest BCUT2D eigenvalue weighted by Gasteiger charge is -2.08. The van der Waals surface area contributed by atoms with Crippen LogP contribution in [0.4, 0.5) is 11.4 Å². The van der Waals surface area contributed by atoms with Gasteiger partial charge in [0.05, 0.1) is 22.9 Å². The fourth-order valence-electron chi connectivity index (χ4n) is 1.26. The monoisotopic (exact) mass is 222 g/mol. The van der Waals surface area contributed by atoms with Crippen molar-refractivity contribution in [3.05, 3.63) is 41.4 Å². The van der Waals surface area contributed by atoms with Crippen molar-refractivity contribution in [1.29, 1.82) is 0 Å². The van der Waals surface area contributed by atoms with Crippen molar-refractivity contribution in [1.82, 2.24) is 9.97 Å². The number of rotatable bonds is 3. The Labute approximate surface area is 92.5 Å². The van der Waals surface area contributed by atoms with Crippen LogP contribution in [0.5, 0.6) is 0 Å². The van der Waals surface area contributed by atoms with E-state index in [1.165, 1.54) is 0 Å². The van der Waals surface area contributed by atoms with Crippen LogP contribution < -0.4 is 11.1 Å². The minimum absolute atomic E-state index is 0.555. The molecule has 0 radical (unpaired) electrons. The molecule has 0 amide bonds. The van der Waals surface area contributed by atoms with Crippen molar-refractivity contribution in [2.75, 3.05) is 11.1 Å². The van der Waals surface area contributed by atoms with Crippen LogP contribution in [0.25, 0.3) is 0 Å². The number of nitrogen functional groups attached to an aromatic ring is 1. The number of benzene rings is 1. The number of imidazole rings is 1. The lowest BCUT2D eigenvalue weighted by atomic mass is 10.2. The van der Waals surface area contributed by atoms with Crippen LogP contribution in [0.2, 0.25) is 5.02 Å². The number of aromatic amines is 1. The Hall–Kier alpha value is -1.68. The summed E-state index contributed by atoms with van der Waals surface area (Å²) in [6.45, 7) is 0.595. The van der Waals surface area contributed by atoms with E-state index >= 15 is 0 Å². The van der Waals surface area contributed by atoms with Crippen molar-refractivity contribution >= 4 is 23.0 Å². The third kappa shape index (κ3) is 2.22. The van der Waals surface area contributed by atoms with Gasteiger partial charge in [0.2, 0.25) is 0 Å². The molecule has 0 spiro atoms. The summed E-state index contributed by atoms with van der Waals surface area (Å²) in [6.07, 6.45) is 3.48. The fraction of sp³-hybridized carbons (Fsp3) is 0.100. The fourth-order valence-corrected chi connectivity index (χ4v) is 1.44. The first kappa shape index (κ1) is 9.86. The van der Waals surface area contributed by atoms with E-state index in [-0.39, 0.29) is 0 Å². The molecule has 0 aliphatic carbocycles. The minimum Gasteiger partial charge on any atom is -0.396 e. The largest absolute Gasteiger partial charge is 0.396 e. The molecule has 0 saturated carbocycles. The molecule has 0 fully saturated rings. The molecule has 1 aromatic carbocycles. The number of para-hydroxylation sites is 1. The van der Waals surface area contributed by atoms with E-state index in [0.717, 1.165) is 11.5 Å². The van der Waals surface area contributed by atoms with Gasteiger partial charge in [-0.2, -0.15) is 0 Å². The Morgan fingerprint density at radius 1 is 1.47 bits per heavy atom. The van der Waals surface area contributed by atoms with Crippen LogP contribution in [0, 0.1) is 0 Å². The van der Waals surface area contributed by atoms with Crippen molar-refractivity contribution in [2.24, 2.45) is 0 Å². The predicted molar refractivity (Wildman–Crippen MR) is 61.8 cm³/mol. The number of anilines is 2. The first-order chi connectivity index (χ1) is 7.27. The second kappa shape index (κ2) is 4.23. The first-order valence-electron chi connectivity index (χ1n) is 4.53. The Kier molecular flexibility index (Phi) is 2.78. The lowest BCUT2D eigenvalue weighted by molar-refractivity contribution is 1.00. The summed E-state index contributed by atoms with van der Waals surface area (Å²) in [6, 6.07) is 5.49. The Balaban J connectivity index is 2.08. The van der Waals surface area contributed by atoms with Gasteiger partial charge in [0.15, 0.2) is 0 Å². The van der Waals surface area contributed by atoms with E-state index < -0.39 is 0 Å². The van der Waals surface area contributed by atoms with E-state index in [1.54, 1.807) is 18.5 Å². The third-order valence-electron chi connectivity index (χ3n) is 2.05. The SMILES string of the molecule is Nc1c(Cl)cccc1NCc1ncc[nH]1. The third-order valence-corrected chi connectivity index (χ3v) is 2.38. The van der Waals surface area contributed by atoms with Crippen molar-refractivity contribution in [2.45, 2.75) is 6.54 Å². The van der Waals surface area contributed by atoms with Crippen molar-refractivity contribution < 1.29 is 0 Å². The Bertz CT molecular complexity index is 439. The lowest BCUT2D eigenvalue weighted by Crippen LogP contribution is -2.03. The number of nitrogens with zero attached hydrogens (tertiary/aromatic N) is 1. The van der Waals surface area contributed by atoms with E-state index in [0.29, 0.717) is 17.3 Å². The maximum absolute atomic E-state index is 5.89. The van der Waals surface area contributed by atoms with Gasteiger partial charge in [0.1, 0.15) is 5.82 Å². The molecule has 0 bridgehead atoms. The van der Waals surface area contributed by atoms with Crippen LogP contribution in [0.1, 0.15) is 5.82 Å². The average Bonchev–Trinajstić information content (AvgIpc) is 2.73. The zero-order valence-electron chi connectivity index (χ0n) is 8.00. The molecular formula is C10H11ClN4. The Morgan fingerprint density at radius 2 is 2.33 bits per heavy atom. The molecular weight excluding hydrogens is 212 g/mol. The highest BCUT2D eigenvalue weighted by Gasteiger charge is 2.02. The number of aromatic nitrogens is 2. The smallest absolute Gasteiger partial charge is 0.125 e. The molecule has 0 saturated heterocycles. The molecule has 0 aliphatic heterocycles. The minimum atomic E-state index is 0.555. The molecule has 0 atom stereocenters. The van der Waals surface area contributed by atoms with Gasteiger partial charge in [0, 0.05) is 12.4 Å². The van der Waals surface area contributed by atoms with Crippen LogP contribution in [0.15, 0.2) is 30.6 Å². The van der Waals surface area contributed by atoms with Crippen LogP contribution in [-0.2, 0) is 6.54 Å².